The number of rotatable bonds is 5. The molecule has 1 aliphatic carbocycles. The number of carbonyl (C=O) groups is 3. The van der Waals surface area contributed by atoms with Crippen molar-refractivity contribution in [3.05, 3.63) is 51.2 Å². The molecule has 0 N–H and O–H groups in total. The molecule has 0 saturated carbocycles. The van der Waals surface area contributed by atoms with Crippen molar-refractivity contribution in [3.63, 3.8) is 0 Å². The maximum atomic E-state index is 12.4. The second kappa shape index (κ2) is 7.27. The average molecular weight is 383 g/mol. The van der Waals surface area contributed by atoms with Crippen molar-refractivity contribution in [2.24, 2.45) is 5.92 Å². The fourth-order valence-corrected chi connectivity index (χ4v) is 4.54. The van der Waals surface area contributed by atoms with Crippen molar-refractivity contribution in [1.82, 2.24) is 0 Å². The first-order valence-corrected chi connectivity index (χ1v) is 10.0. The minimum atomic E-state index is -0.524. The second-order valence-electron chi connectivity index (χ2n) is 7.15. The Bertz CT molecular complexity index is 917. The van der Waals surface area contributed by atoms with E-state index in [1.165, 1.54) is 22.5 Å². The SMILES string of the molecule is Cc1ccc(C(=O)COC(=O)[C@H]2CC(=O)N(c3ccc4c(c3)CCC4)C2)s1. The van der Waals surface area contributed by atoms with Crippen LogP contribution < -0.4 is 4.90 Å². The molecule has 4 rings (SSSR count). The standard InChI is InChI=1S/C21H21NO4S/c1-13-5-8-19(27-13)18(23)12-26-21(25)16-10-20(24)22(11-16)17-7-6-14-3-2-4-15(14)9-17/h5-9,16H,2-4,10-12H2,1H3/t16-/m0/s1. The minimum Gasteiger partial charge on any atom is -0.457 e. The summed E-state index contributed by atoms with van der Waals surface area (Å²) in [7, 11) is 0. The van der Waals surface area contributed by atoms with Crippen molar-refractivity contribution < 1.29 is 19.1 Å². The first kappa shape index (κ1) is 17.9. The quantitative estimate of drug-likeness (QED) is 0.587. The van der Waals surface area contributed by atoms with Crippen LogP contribution in [0, 0.1) is 12.8 Å². The smallest absolute Gasteiger partial charge is 0.311 e. The largest absolute Gasteiger partial charge is 0.457 e. The van der Waals surface area contributed by atoms with E-state index in [1.807, 2.05) is 19.1 Å². The summed E-state index contributed by atoms with van der Waals surface area (Å²) in [6, 6.07) is 9.71. The van der Waals surface area contributed by atoms with E-state index < -0.39 is 11.9 Å². The highest BCUT2D eigenvalue weighted by Crippen LogP contribution is 2.31. The lowest BCUT2D eigenvalue weighted by atomic mass is 10.1. The van der Waals surface area contributed by atoms with Gasteiger partial charge in [0.15, 0.2) is 6.61 Å². The summed E-state index contributed by atoms with van der Waals surface area (Å²) in [5.41, 5.74) is 3.49. The molecular weight excluding hydrogens is 362 g/mol. The molecule has 1 aromatic carbocycles. The summed E-state index contributed by atoms with van der Waals surface area (Å²) in [4.78, 5) is 40.1. The summed E-state index contributed by atoms with van der Waals surface area (Å²) >= 11 is 1.38. The van der Waals surface area contributed by atoms with E-state index >= 15 is 0 Å². The third-order valence-electron chi connectivity index (χ3n) is 5.21. The minimum absolute atomic E-state index is 0.0740. The van der Waals surface area contributed by atoms with Gasteiger partial charge in [0.1, 0.15) is 0 Å². The highest BCUT2D eigenvalue weighted by atomic mass is 32.1. The monoisotopic (exact) mass is 383 g/mol. The molecule has 1 fully saturated rings. The molecule has 6 heteroatoms. The van der Waals surface area contributed by atoms with Crippen LogP contribution in [-0.2, 0) is 27.2 Å². The Morgan fingerprint density at radius 3 is 2.78 bits per heavy atom. The van der Waals surface area contributed by atoms with E-state index in [0.717, 1.165) is 29.8 Å². The van der Waals surface area contributed by atoms with Gasteiger partial charge in [0.05, 0.1) is 10.8 Å². The van der Waals surface area contributed by atoms with Gasteiger partial charge in [0.2, 0.25) is 11.7 Å². The zero-order chi connectivity index (χ0) is 19.0. The Morgan fingerprint density at radius 1 is 1.19 bits per heavy atom. The second-order valence-corrected chi connectivity index (χ2v) is 8.44. The van der Waals surface area contributed by atoms with E-state index in [2.05, 4.69) is 12.1 Å². The molecule has 2 heterocycles. The topological polar surface area (TPSA) is 63.7 Å². The number of nitrogens with zero attached hydrogens (tertiary/aromatic N) is 1. The maximum Gasteiger partial charge on any atom is 0.311 e. The van der Waals surface area contributed by atoms with E-state index in [0.29, 0.717) is 11.4 Å². The van der Waals surface area contributed by atoms with Gasteiger partial charge < -0.3 is 9.64 Å². The number of esters is 1. The lowest BCUT2D eigenvalue weighted by Crippen LogP contribution is -2.27. The van der Waals surface area contributed by atoms with E-state index in [4.69, 9.17) is 4.74 Å². The van der Waals surface area contributed by atoms with E-state index in [9.17, 15) is 14.4 Å². The third kappa shape index (κ3) is 3.67. The van der Waals surface area contributed by atoms with Crippen LogP contribution >= 0.6 is 11.3 Å². The summed E-state index contributed by atoms with van der Waals surface area (Å²) in [6.45, 7) is 1.95. The Morgan fingerprint density at radius 2 is 2.00 bits per heavy atom. The summed E-state index contributed by atoms with van der Waals surface area (Å²) in [6.07, 6.45) is 3.42. The lowest BCUT2D eigenvalue weighted by molar-refractivity contribution is -0.147. The van der Waals surface area contributed by atoms with Gasteiger partial charge in [-0.1, -0.05) is 6.07 Å². The number of hydrogen-bond acceptors (Lipinski definition) is 5. The first-order valence-electron chi connectivity index (χ1n) is 9.19. The molecular formula is C21H21NO4S. The number of thiophene rings is 1. The van der Waals surface area contributed by atoms with Crippen LogP contribution in [0.25, 0.3) is 0 Å². The Balaban J connectivity index is 1.37. The Labute approximate surface area is 161 Å². The molecule has 1 saturated heterocycles. The van der Waals surface area contributed by atoms with Gasteiger partial charge in [-0.05, 0) is 61.6 Å². The lowest BCUT2D eigenvalue weighted by Gasteiger charge is -2.17. The molecule has 1 amide bonds. The number of anilines is 1. The Kier molecular flexibility index (Phi) is 4.83. The summed E-state index contributed by atoms with van der Waals surface area (Å²) in [5.74, 6) is -1.28. The van der Waals surface area contributed by atoms with Gasteiger partial charge in [0.25, 0.3) is 0 Å². The normalized spacial score (nSPS) is 18.6. The van der Waals surface area contributed by atoms with Crippen molar-refractivity contribution >= 4 is 34.7 Å². The van der Waals surface area contributed by atoms with Crippen molar-refractivity contribution in [2.75, 3.05) is 18.1 Å². The molecule has 2 aromatic rings. The van der Waals surface area contributed by atoms with Gasteiger partial charge in [-0.15, -0.1) is 11.3 Å². The molecule has 0 spiro atoms. The maximum absolute atomic E-state index is 12.4. The molecule has 0 unspecified atom stereocenters. The van der Waals surface area contributed by atoms with Crippen molar-refractivity contribution in [2.45, 2.75) is 32.6 Å². The fourth-order valence-electron chi connectivity index (χ4n) is 3.75. The number of carbonyl (C=O) groups excluding carboxylic acids is 3. The number of Topliss-reactive ketones (excluding diaryl/α,β-unsaturated/α-hetero) is 1. The number of ketones is 1. The van der Waals surface area contributed by atoms with Gasteiger partial charge in [-0.25, -0.2) is 0 Å². The average Bonchev–Trinajstić information content (AvgIpc) is 3.38. The van der Waals surface area contributed by atoms with Crippen LogP contribution in [0.2, 0.25) is 0 Å². The molecule has 0 bridgehead atoms. The molecule has 27 heavy (non-hydrogen) atoms. The van der Waals surface area contributed by atoms with Crippen LogP contribution in [0.5, 0.6) is 0 Å². The summed E-state index contributed by atoms with van der Waals surface area (Å²) < 4.78 is 5.20. The number of fused-ring (bicyclic) bond motifs is 1. The third-order valence-corrected chi connectivity index (χ3v) is 6.25. The molecule has 140 valence electrons. The predicted molar refractivity (Wildman–Crippen MR) is 103 cm³/mol. The van der Waals surface area contributed by atoms with Crippen LogP contribution in [0.1, 0.15) is 38.5 Å². The van der Waals surface area contributed by atoms with Crippen LogP contribution in [0.3, 0.4) is 0 Å². The molecule has 1 atom stereocenters. The highest BCUT2D eigenvalue weighted by molar-refractivity contribution is 7.14. The Hall–Kier alpha value is -2.47. The van der Waals surface area contributed by atoms with Crippen molar-refractivity contribution in [3.8, 4) is 0 Å². The van der Waals surface area contributed by atoms with Gasteiger partial charge in [0, 0.05) is 23.5 Å². The first-order chi connectivity index (χ1) is 13.0. The fraction of sp³-hybridized carbons (Fsp3) is 0.381. The van der Waals surface area contributed by atoms with Crippen LogP contribution in [0.15, 0.2) is 30.3 Å². The zero-order valence-corrected chi connectivity index (χ0v) is 16.0. The summed E-state index contributed by atoms with van der Waals surface area (Å²) in [5, 5.41) is 0. The predicted octanol–water partition coefficient (Wildman–Crippen LogP) is 3.32. The number of aryl methyl sites for hydroxylation is 3. The van der Waals surface area contributed by atoms with Gasteiger partial charge >= 0.3 is 5.97 Å². The molecule has 0 radical (unpaired) electrons. The molecule has 5 nitrogen and oxygen atoms in total. The molecule has 2 aliphatic rings. The van der Waals surface area contributed by atoms with Gasteiger partial charge in [-0.3, -0.25) is 14.4 Å². The molecule has 1 aliphatic heterocycles. The number of ether oxygens (including phenoxy) is 1. The molecule has 1 aromatic heterocycles. The van der Waals surface area contributed by atoms with E-state index in [-0.39, 0.29) is 24.7 Å². The number of hydrogen-bond donors (Lipinski definition) is 0. The zero-order valence-electron chi connectivity index (χ0n) is 15.2. The van der Waals surface area contributed by atoms with Crippen LogP contribution in [0.4, 0.5) is 5.69 Å². The van der Waals surface area contributed by atoms with Crippen molar-refractivity contribution in [1.29, 1.82) is 0 Å². The number of benzene rings is 1. The van der Waals surface area contributed by atoms with E-state index in [1.54, 1.807) is 11.0 Å². The highest BCUT2D eigenvalue weighted by Gasteiger charge is 2.36. The number of amides is 1. The van der Waals surface area contributed by atoms with Gasteiger partial charge in [-0.2, -0.15) is 0 Å². The van der Waals surface area contributed by atoms with Crippen LogP contribution in [-0.4, -0.2) is 30.8 Å².